The third kappa shape index (κ3) is 5.08. The van der Waals surface area contributed by atoms with Crippen molar-refractivity contribution >= 4 is 16.1 Å². The van der Waals surface area contributed by atoms with Crippen LogP contribution < -0.4 is 4.74 Å². The highest BCUT2D eigenvalue weighted by atomic mass is 32.2. The first-order valence-electron chi connectivity index (χ1n) is 7.78. The molecule has 1 aliphatic carbocycles. The molecule has 152 valence electrons. The van der Waals surface area contributed by atoms with E-state index >= 15 is 0 Å². The number of carbonyl (C=O) groups is 1. The molecular formula is C13H17F3N4O6S. The smallest absolute Gasteiger partial charge is 0.466 e. The van der Waals surface area contributed by atoms with Gasteiger partial charge in [-0.05, 0) is 30.2 Å². The van der Waals surface area contributed by atoms with Crippen LogP contribution in [-0.2, 0) is 30.9 Å². The highest BCUT2D eigenvalue weighted by Gasteiger charge is 2.49. The first-order valence-corrected chi connectivity index (χ1v) is 9.19. The minimum absolute atomic E-state index is 0.0428. The molecular weight excluding hydrogens is 397 g/mol. The van der Waals surface area contributed by atoms with Gasteiger partial charge >= 0.3 is 27.6 Å². The molecule has 0 saturated carbocycles. The monoisotopic (exact) mass is 414 g/mol. The van der Waals surface area contributed by atoms with E-state index < -0.39 is 33.3 Å². The second-order valence-electron chi connectivity index (χ2n) is 5.58. The largest absolute Gasteiger partial charge is 0.534 e. The molecule has 0 aromatic carbocycles. The zero-order valence-corrected chi connectivity index (χ0v) is 15.2. The molecule has 0 bridgehead atoms. The van der Waals surface area contributed by atoms with E-state index in [2.05, 4.69) is 19.7 Å². The molecule has 0 saturated heterocycles. The summed E-state index contributed by atoms with van der Waals surface area (Å²) in [5, 5.41) is 10.4. The number of alkyl halides is 3. The Bertz CT molecular complexity index is 820. The van der Waals surface area contributed by atoms with Crippen molar-refractivity contribution in [3.05, 3.63) is 11.3 Å². The van der Waals surface area contributed by atoms with Gasteiger partial charge in [-0.2, -0.15) is 26.3 Å². The van der Waals surface area contributed by atoms with Crippen LogP contribution >= 0.6 is 0 Å². The van der Waals surface area contributed by atoms with Crippen molar-refractivity contribution in [1.82, 2.24) is 20.2 Å². The average molecular weight is 414 g/mol. The number of halogens is 3. The summed E-state index contributed by atoms with van der Waals surface area (Å²) >= 11 is 0. The maximum Gasteiger partial charge on any atom is 0.534 e. The molecule has 1 unspecified atom stereocenters. The zero-order valence-electron chi connectivity index (χ0n) is 14.4. The van der Waals surface area contributed by atoms with Crippen molar-refractivity contribution in [2.24, 2.45) is 13.0 Å². The maximum absolute atomic E-state index is 12.6. The Labute approximate surface area is 152 Å². The van der Waals surface area contributed by atoms with Crippen LogP contribution in [0.15, 0.2) is 11.3 Å². The standard InChI is InChI=1S/C13H17F3N4O6S/c1-3-24-11(21)8-4-5-10(26-27(22,23)13(14,15)16)9(6-8)7-25-12-17-18-19-20(12)2/h8H,3-7H2,1-2H3. The Morgan fingerprint density at radius 2 is 2.07 bits per heavy atom. The summed E-state index contributed by atoms with van der Waals surface area (Å²) in [6.45, 7) is 1.40. The second kappa shape index (κ2) is 8.10. The molecule has 27 heavy (non-hydrogen) atoms. The minimum atomic E-state index is -5.83. The van der Waals surface area contributed by atoms with Gasteiger partial charge in [-0.15, -0.1) is 0 Å². The molecule has 1 aliphatic rings. The number of aromatic nitrogens is 4. The quantitative estimate of drug-likeness (QED) is 0.366. The molecule has 1 aromatic heterocycles. The van der Waals surface area contributed by atoms with E-state index in [1.165, 1.54) is 11.7 Å². The Morgan fingerprint density at radius 3 is 2.63 bits per heavy atom. The number of carbonyl (C=O) groups excluding carboxylic acids is 1. The van der Waals surface area contributed by atoms with E-state index in [1.54, 1.807) is 6.92 Å². The fourth-order valence-electron chi connectivity index (χ4n) is 2.37. The van der Waals surface area contributed by atoms with E-state index in [-0.39, 0.29) is 44.1 Å². The van der Waals surface area contributed by atoms with Gasteiger partial charge in [-0.1, -0.05) is 5.10 Å². The first kappa shape index (κ1) is 20.9. The number of esters is 1. The van der Waals surface area contributed by atoms with Crippen molar-refractivity contribution < 1.29 is 40.0 Å². The fraction of sp³-hybridized carbons (Fsp3) is 0.692. The molecule has 0 spiro atoms. The van der Waals surface area contributed by atoms with Gasteiger partial charge in [0.15, 0.2) is 0 Å². The van der Waals surface area contributed by atoms with Gasteiger partial charge in [-0.3, -0.25) is 4.79 Å². The molecule has 0 fully saturated rings. The van der Waals surface area contributed by atoms with Gasteiger partial charge in [0.1, 0.15) is 12.4 Å². The van der Waals surface area contributed by atoms with Gasteiger partial charge in [0.2, 0.25) is 0 Å². The van der Waals surface area contributed by atoms with Crippen molar-refractivity contribution in [2.75, 3.05) is 13.2 Å². The summed E-state index contributed by atoms with van der Waals surface area (Å²) in [5.41, 5.74) is -5.49. The number of ether oxygens (including phenoxy) is 2. The number of tetrazole rings is 1. The molecule has 2 rings (SSSR count). The lowest BCUT2D eigenvalue weighted by Crippen LogP contribution is -2.29. The number of hydrogen-bond acceptors (Lipinski definition) is 9. The Balaban J connectivity index is 2.24. The van der Waals surface area contributed by atoms with Crippen LogP contribution in [0.2, 0.25) is 0 Å². The van der Waals surface area contributed by atoms with Gasteiger partial charge in [-0.25, -0.2) is 0 Å². The minimum Gasteiger partial charge on any atom is -0.466 e. The van der Waals surface area contributed by atoms with Gasteiger partial charge in [0, 0.05) is 19.0 Å². The molecule has 0 amide bonds. The van der Waals surface area contributed by atoms with Crippen molar-refractivity contribution in [3.63, 3.8) is 0 Å². The Hall–Kier alpha value is -2.38. The predicted octanol–water partition coefficient (Wildman–Crippen LogP) is 1.07. The molecule has 10 nitrogen and oxygen atoms in total. The van der Waals surface area contributed by atoms with Crippen LogP contribution in [0, 0.1) is 5.92 Å². The molecule has 0 N–H and O–H groups in total. The number of allylic oxidation sites excluding steroid dienone is 1. The van der Waals surface area contributed by atoms with Crippen LogP contribution in [0.25, 0.3) is 0 Å². The molecule has 1 aromatic rings. The summed E-state index contributed by atoms with van der Waals surface area (Å²) in [4.78, 5) is 11.9. The molecule has 0 aliphatic heterocycles. The zero-order chi connectivity index (χ0) is 20.2. The van der Waals surface area contributed by atoms with Crippen LogP contribution in [0.1, 0.15) is 26.2 Å². The highest BCUT2D eigenvalue weighted by Crippen LogP contribution is 2.35. The lowest BCUT2D eigenvalue weighted by Gasteiger charge is -2.25. The topological polar surface area (TPSA) is 122 Å². The predicted molar refractivity (Wildman–Crippen MR) is 81.4 cm³/mol. The van der Waals surface area contributed by atoms with Gasteiger partial charge in [0.25, 0.3) is 0 Å². The van der Waals surface area contributed by atoms with Crippen LogP contribution in [0.4, 0.5) is 13.2 Å². The van der Waals surface area contributed by atoms with Crippen molar-refractivity contribution in [2.45, 2.75) is 31.7 Å². The normalized spacial score (nSPS) is 18.3. The fourth-order valence-corrected chi connectivity index (χ4v) is 2.93. The molecule has 1 heterocycles. The first-order chi connectivity index (χ1) is 12.5. The maximum atomic E-state index is 12.6. The lowest BCUT2D eigenvalue weighted by molar-refractivity contribution is -0.148. The lowest BCUT2D eigenvalue weighted by atomic mass is 9.88. The molecule has 0 radical (unpaired) electrons. The van der Waals surface area contributed by atoms with Gasteiger partial charge < -0.3 is 13.7 Å². The van der Waals surface area contributed by atoms with Crippen molar-refractivity contribution in [3.8, 4) is 6.01 Å². The van der Waals surface area contributed by atoms with E-state index in [4.69, 9.17) is 9.47 Å². The molecule has 1 atom stereocenters. The summed E-state index contributed by atoms with van der Waals surface area (Å²) in [6.07, 6.45) is -0.196. The third-order valence-electron chi connectivity index (χ3n) is 3.68. The number of aryl methyl sites for hydroxylation is 1. The molecule has 14 heteroatoms. The Morgan fingerprint density at radius 1 is 1.37 bits per heavy atom. The van der Waals surface area contributed by atoms with E-state index in [0.717, 1.165) is 0 Å². The highest BCUT2D eigenvalue weighted by molar-refractivity contribution is 7.87. The van der Waals surface area contributed by atoms with E-state index in [0.29, 0.717) is 0 Å². The summed E-state index contributed by atoms with van der Waals surface area (Å²) in [6, 6.07) is -0.0428. The van der Waals surface area contributed by atoms with Crippen LogP contribution in [0.5, 0.6) is 6.01 Å². The van der Waals surface area contributed by atoms with E-state index in [9.17, 15) is 26.4 Å². The van der Waals surface area contributed by atoms with Crippen LogP contribution in [-0.4, -0.2) is 53.3 Å². The second-order valence-corrected chi connectivity index (χ2v) is 7.11. The average Bonchev–Trinajstić information content (AvgIpc) is 2.98. The van der Waals surface area contributed by atoms with Crippen LogP contribution in [0.3, 0.4) is 0 Å². The Kier molecular flexibility index (Phi) is 6.28. The summed E-state index contributed by atoms with van der Waals surface area (Å²) in [7, 11) is -4.36. The van der Waals surface area contributed by atoms with E-state index in [1.807, 2.05) is 0 Å². The number of rotatable bonds is 7. The van der Waals surface area contributed by atoms with Gasteiger partial charge in [0.05, 0.1) is 12.5 Å². The third-order valence-corrected chi connectivity index (χ3v) is 4.67. The number of nitrogens with zero attached hydrogens (tertiary/aromatic N) is 4. The summed E-state index contributed by atoms with van der Waals surface area (Å²) in [5.74, 6) is -1.60. The summed E-state index contributed by atoms with van der Waals surface area (Å²) < 4.78 is 76.1. The number of hydrogen-bond donors (Lipinski definition) is 0. The van der Waals surface area contributed by atoms with Crippen molar-refractivity contribution in [1.29, 1.82) is 0 Å². The SMILES string of the molecule is CCOC(=O)C1CCC(OS(=O)(=O)C(F)(F)F)=C(COc2nnnn2C)C1.